The van der Waals surface area contributed by atoms with E-state index < -0.39 is 39.2 Å². The highest BCUT2D eigenvalue weighted by Crippen LogP contribution is 2.23. The van der Waals surface area contributed by atoms with Crippen LogP contribution in [-0.2, 0) is 19.6 Å². The number of hydrogen-bond donors (Lipinski definition) is 2. The summed E-state index contributed by atoms with van der Waals surface area (Å²) in [4.78, 5) is 34.8. The van der Waals surface area contributed by atoms with Gasteiger partial charge >= 0.3 is 5.97 Å². The van der Waals surface area contributed by atoms with Crippen molar-refractivity contribution >= 4 is 39.0 Å². The van der Waals surface area contributed by atoms with Crippen LogP contribution in [0.15, 0.2) is 71.6 Å². The van der Waals surface area contributed by atoms with Crippen molar-refractivity contribution in [1.82, 2.24) is 0 Å². The number of carbonyl (C=O) groups is 2. The first kappa shape index (κ1) is 24.3. The second-order valence-electron chi connectivity index (χ2n) is 6.99. The average Bonchev–Trinajstić information content (AvgIpc) is 2.79. The summed E-state index contributed by atoms with van der Waals surface area (Å²) in [7, 11) is -4.13. The Morgan fingerprint density at radius 3 is 2.38 bits per heavy atom. The number of nitrogens with one attached hydrogen (secondary N) is 2. The van der Waals surface area contributed by atoms with Crippen molar-refractivity contribution in [3.8, 4) is 0 Å². The van der Waals surface area contributed by atoms with E-state index in [1.54, 1.807) is 6.92 Å². The van der Waals surface area contributed by atoms with Gasteiger partial charge in [-0.2, -0.15) is 0 Å². The second-order valence-corrected chi connectivity index (χ2v) is 8.67. The van der Waals surface area contributed by atoms with Gasteiger partial charge in [0.2, 0.25) is 0 Å². The van der Waals surface area contributed by atoms with Crippen LogP contribution < -0.4 is 10.0 Å². The number of sulfonamides is 1. The Kier molecular flexibility index (Phi) is 7.21. The van der Waals surface area contributed by atoms with Gasteiger partial charge in [-0.25, -0.2) is 17.6 Å². The van der Waals surface area contributed by atoms with Crippen LogP contribution in [0.2, 0.25) is 0 Å². The van der Waals surface area contributed by atoms with Gasteiger partial charge in [0, 0.05) is 12.1 Å². The molecule has 0 saturated carbocycles. The average molecular weight is 487 g/mol. The molecule has 0 aliphatic rings. The van der Waals surface area contributed by atoms with Crippen LogP contribution in [0.4, 0.5) is 21.5 Å². The summed E-state index contributed by atoms with van der Waals surface area (Å²) < 4.78 is 45.5. The summed E-state index contributed by atoms with van der Waals surface area (Å²) in [6.45, 7) is 0.912. The van der Waals surface area contributed by atoms with Crippen LogP contribution in [0.25, 0.3) is 0 Å². The number of nitro groups is 1. The monoisotopic (exact) mass is 487 g/mol. The maximum atomic E-state index is 13.1. The number of carbonyl (C=O) groups excluding carboxylic acids is 2. The molecule has 10 nitrogen and oxygen atoms in total. The Labute approximate surface area is 193 Å². The summed E-state index contributed by atoms with van der Waals surface area (Å²) in [6, 6.07) is 13.6. The summed E-state index contributed by atoms with van der Waals surface area (Å²) in [5.41, 5.74) is 0.257. The predicted molar refractivity (Wildman–Crippen MR) is 120 cm³/mol. The van der Waals surface area contributed by atoms with Gasteiger partial charge in [0.1, 0.15) is 5.82 Å². The number of aryl methyl sites for hydroxylation is 1. The predicted octanol–water partition coefficient (Wildman–Crippen LogP) is 3.64. The number of halogens is 1. The van der Waals surface area contributed by atoms with Crippen molar-refractivity contribution in [2.24, 2.45) is 0 Å². The van der Waals surface area contributed by atoms with Crippen LogP contribution in [0.3, 0.4) is 0 Å². The number of anilines is 2. The molecular weight excluding hydrogens is 469 g/mol. The van der Waals surface area contributed by atoms with Crippen molar-refractivity contribution in [3.63, 3.8) is 0 Å². The molecule has 0 atom stereocenters. The van der Waals surface area contributed by atoms with Gasteiger partial charge in [-0.3, -0.25) is 19.6 Å². The number of para-hydroxylation sites is 1. The van der Waals surface area contributed by atoms with E-state index in [1.807, 2.05) is 0 Å². The zero-order chi connectivity index (χ0) is 24.9. The summed E-state index contributed by atoms with van der Waals surface area (Å²) >= 11 is 0. The molecule has 3 aromatic rings. The Balaban J connectivity index is 1.69. The van der Waals surface area contributed by atoms with Crippen LogP contribution in [-0.4, -0.2) is 31.8 Å². The molecule has 0 unspecified atom stereocenters. The molecule has 3 aromatic carbocycles. The van der Waals surface area contributed by atoms with E-state index in [-0.39, 0.29) is 27.5 Å². The van der Waals surface area contributed by atoms with Crippen LogP contribution in [0, 0.1) is 22.9 Å². The molecule has 0 spiro atoms. The van der Waals surface area contributed by atoms with E-state index in [2.05, 4.69) is 10.0 Å². The Morgan fingerprint density at radius 2 is 1.71 bits per heavy atom. The number of ether oxygens (including phenoxy) is 1. The SMILES string of the molecule is Cc1ccc([N+](=O)[O-])cc1NC(=O)COC(=O)c1ccccc1NS(=O)(=O)c1ccc(F)cc1. The van der Waals surface area contributed by atoms with E-state index in [1.165, 1.54) is 42.5 Å². The Bertz CT molecular complexity index is 1360. The van der Waals surface area contributed by atoms with Crippen molar-refractivity contribution in [1.29, 1.82) is 0 Å². The fourth-order valence-electron chi connectivity index (χ4n) is 2.82. The standard InChI is InChI=1S/C22H18FN3O7S/c1-14-6-9-16(26(29)30)12-20(14)24-21(27)13-33-22(28)18-4-2-3-5-19(18)25-34(31,32)17-10-7-15(23)8-11-17/h2-12,25H,13H2,1H3,(H,24,27). The molecule has 0 saturated heterocycles. The van der Waals surface area contributed by atoms with Gasteiger partial charge in [-0.1, -0.05) is 18.2 Å². The number of benzene rings is 3. The first-order valence-electron chi connectivity index (χ1n) is 9.66. The molecular formula is C22H18FN3O7S. The Hall–Kier alpha value is -4.32. The molecule has 0 aliphatic carbocycles. The fraction of sp³-hybridized carbons (Fsp3) is 0.0909. The highest BCUT2D eigenvalue weighted by Gasteiger charge is 2.20. The minimum atomic E-state index is -4.13. The van der Waals surface area contributed by atoms with Gasteiger partial charge in [0.25, 0.3) is 21.6 Å². The number of nitrogens with zero attached hydrogens (tertiary/aromatic N) is 1. The smallest absolute Gasteiger partial charge is 0.340 e. The highest BCUT2D eigenvalue weighted by molar-refractivity contribution is 7.92. The molecule has 3 rings (SSSR count). The quantitative estimate of drug-likeness (QED) is 0.280. The molecule has 2 N–H and O–H groups in total. The van der Waals surface area contributed by atoms with E-state index >= 15 is 0 Å². The van der Waals surface area contributed by atoms with Crippen molar-refractivity contribution in [2.45, 2.75) is 11.8 Å². The van der Waals surface area contributed by atoms with Crippen LogP contribution >= 0.6 is 0 Å². The molecule has 0 bridgehead atoms. The molecule has 0 radical (unpaired) electrons. The van der Waals surface area contributed by atoms with Crippen molar-refractivity contribution in [3.05, 3.63) is 93.8 Å². The molecule has 0 heterocycles. The minimum Gasteiger partial charge on any atom is -0.452 e. The topological polar surface area (TPSA) is 145 Å². The minimum absolute atomic E-state index is 0.105. The lowest BCUT2D eigenvalue weighted by Gasteiger charge is -2.13. The molecule has 0 aliphatic heterocycles. The third kappa shape index (κ3) is 5.92. The van der Waals surface area contributed by atoms with Crippen LogP contribution in [0.1, 0.15) is 15.9 Å². The van der Waals surface area contributed by atoms with Gasteiger partial charge in [0.05, 0.1) is 26.8 Å². The number of hydrogen-bond acceptors (Lipinski definition) is 7. The maximum Gasteiger partial charge on any atom is 0.340 e. The van der Waals surface area contributed by atoms with Gasteiger partial charge in [-0.15, -0.1) is 0 Å². The first-order chi connectivity index (χ1) is 16.1. The zero-order valence-corrected chi connectivity index (χ0v) is 18.5. The van der Waals surface area contributed by atoms with Crippen molar-refractivity contribution < 1.29 is 32.1 Å². The molecule has 12 heteroatoms. The number of esters is 1. The van der Waals surface area contributed by atoms with E-state index in [0.29, 0.717) is 5.56 Å². The largest absolute Gasteiger partial charge is 0.452 e. The van der Waals surface area contributed by atoms with Gasteiger partial charge in [-0.05, 0) is 48.9 Å². The zero-order valence-electron chi connectivity index (χ0n) is 17.6. The molecule has 0 aromatic heterocycles. The summed E-state index contributed by atoms with van der Waals surface area (Å²) in [5, 5.41) is 13.3. The Morgan fingerprint density at radius 1 is 1.03 bits per heavy atom. The maximum absolute atomic E-state index is 13.1. The van der Waals surface area contributed by atoms with Crippen molar-refractivity contribution in [2.75, 3.05) is 16.6 Å². The van der Waals surface area contributed by atoms with Gasteiger partial charge < -0.3 is 10.1 Å². The first-order valence-corrected chi connectivity index (χ1v) is 11.1. The molecule has 1 amide bonds. The molecule has 0 fully saturated rings. The number of rotatable bonds is 8. The third-order valence-electron chi connectivity index (χ3n) is 4.56. The van der Waals surface area contributed by atoms with E-state index in [9.17, 15) is 32.5 Å². The molecule has 34 heavy (non-hydrogen) atoms. The van der Waals surface area contributed by atoms with Crippen LogP contribution in [0.5, 0.6) is 0 Å². The molecule has 176 valence electrons. The lowest BCUT2D eigenvalue weighted by atomic mass is 10.2. The highest BCUT2D eigenvalue weighted by atomic mass is 32.2. The third-order valence-corrected chi connectivity index (χ3v) is 5.94. The number of non-ortho nitro benzene ring substituents is 1. The number of amides is 1. The summed E-state index contributed by atoms with van der Waals surface area (Å²) in [5.74, 6) is -2.34. The summed E-state index contributed by atoms with van der Waals surface area (Å²) in [6.07, 6.45) is 0. The lowest BCUT2D eigenvalue weighted by molar-refractivity contribution is -0.384. The lowest BCUT2D eigenvalue weighted by Crippen LogP contribution is -2.22. The van der Waals surface area contributed by atoms with E-state index in [4.69, 9.17) is 4.74 Å². The second kappa shape index (κ2) is 10.1. The normalized spacial score (nSPS) is 10.9. The van der Waals surface area contributed by atoms with Gasteiger partial charge in [0.15, 0.2) is 6.61 Å². The number of nitro benzene ring substituents is 1. The van der Waals surface area contributed by atoms with E-state index in [0.717, 1.165) is 24.3 Å². The fourth-order valence-corrected chi connectivity index (χ4v) is 3.90.